The molecule has 4 rings (SSSR count). The highest BCUT2D eigenvalue weighted by Crippen LogP contribution is 2.34. The molecule has 0 N–H and O–H groups in total. The van der Waals surface area contributed by atoms with Crippen molar-refractivity contribution in [3.05, 3.63) is 60.4 Å². The molecule has 158 valence electrons. The second kappa shape index (κ2) is 8.33. The van der Waals surface area contributed by atoms with E-state index >= 15 is 0 Å². The summed E-state index contributed by atoms with van der Waals surface area (Å²) in [5.74, 6) is 1.48. The second-order valence-corrected chi connectivity index (χ2v) is 8.69. The van der Waals surface area contributed by atoms with Gasteiger partial charge in [0.15, 0.2) is 0 Å². The van der Waals surface area contributed by atoms with E-state index in [1.165, 1.54) is 24.6 Å². The Hall–Kier alpha value is -3.11. The molecule has 3 aromatic rings. The normalized spacial score (nSPS) is 14.9. The molecule has 2 aromatic carbocycles. The molecule has 2 heterocycles. The molecule has 0 saturated carbocycles. The molecule has 0 bridgehead atoms. The van der Waals surface area contributed by atoms with E-state index in [1.807, 2.05) is 30.3 Å². The summed E-state index contributed by atoms with van der Waals surface area (Å²) in [6.45, 7) is 0.885. The number of sulfonamides is 1. The Bertz CT molecular complexity index is 1110. The van der Waals surface area contributed by atoms with Gasteiger partial charge >= 0.3 is 0 Å². The van der Waals surface area contributed by atoms with E-state index in [9.17, 15) is 8.42 Å². The van der Waals surface area contributed by atoms with Crippen molar-refractivity contribution in [1.29, 1.82) is 0 Å². The topological polar surface area (TPSA) is 95.8 Å². The fourth-order valence-corrected chi connectivity index (χ4v) is 4.82. The summed E-state index contributed by atoms with van der Waals surface area (Å²) < 4.78 is 45.2. The number of methoxy groups -OCH3 is 2. The van der Waals surface area contributed by atoms with Gasteiger partial charge in [-0.1, -0.05) is 23.4 Å². The SMILES string of the molecule is COc1ccc(OC)c(S(=O)(=O)N2CC(n3cc(COc4ccccc4)nn3)C2)c1. The molecule has 1 aliphatic rings. The van der Waals surface area contributed by atoms with Crippen molar-refractivity contribution in [3.63, 3.8) is 0 Å². The number of para-hydroxylation sites is 1. The summed E-state index contributed by atoms with van der Waals surface area (Å²) in [4.78, 5) is 0.0818. The largest absolute Gasteiger partial charge is 0.497 e. The lowest BCUT2D eigenvalue weighted by atomic mass is 10.2. The quantitative estimate of drug-likeness (QED) is 0.540. The molecular weight excluding hydrogens is 408 g/mol. The molecule has 30 heavy (non-hydrogen) atoms. The van der Waals surface area contributed by atoms with Gasteiger partial charge in [0.05, 0.1) is 26.5 Å². The number of hydrogen-bond donors (Lipinski definition) is 0. The van der Waals surface area contributed by atoms with E-state index in [2.05, 4.69) is 10.3 Å². The van der Waals surface area contributed by atoms with Crippen LogP contribution in [0.15, 0.2) is 59.6 Å². The van der Waals surface area contributed by atoms with E-state index in [1.54, 1.807) is 23.0 Å². The van der Waals surface area contributed by atoms with Crippen LogP contribution in [0.3, 0.4) is 0 Å². The summed E-state index contributed by atoms with van der Waals surface area (Å²) >= 11 is 0. The Morgan fingerprint density at radius 2 is 1.80 bits per heavy atom. The van der Waals surface area contributed by atoms with Crippen molar-refractivity contribution >= 4 is 10.0 Å². The van der Waals surface area contributed by atoms with E-state index in [-0.39, 0.29) is 16.7 Å². The number of ether oxygens (including phenoxy) is 3. The van der Waals surface area contributed by atoms with Gasteiger partial charge in [0.1, 0.15) is 34.4 Å². The lowest BCUT2D eigenvalue weighted by Crippen LogP contribution is -2.50. The summed E-state index contributed by atoms with van der Waals surface area (Å²) in [5.41, 5.74) is 0.676. The first-order valence-electron chi connectivity index (χ1n) is 9.32. The van der Waals surface area contributed by atoms with Crippen LogP contribution in [0.2, 0.25) is 0 Å². The van der Waals surface area contributed by atoms with Crippen molar-refractivity contribution in [3.8, 4) is 17.2 Å². The zero-order valence-electron chi connectivity index (χ0n) is 16.6. The van der Waals surface area contributed by atoms with Crippen molar-refractivity contribution in [2.45, 2.75) is 17.5 Å². The number of nitrogens with zero attached hydrogens (tertiary/aromatic N) is 4. The fraction of sp³-hybridized carbons (Fsp3) is 0.300. The molecule has 10 heteroatoms. The maximum atomic E-state index is 13.0. The summed E-state index contributed by atoms with van der Waals surface area (Å²) in [6.07, 6.45) is 1.78. The third-order valence-corrected chi connectivity index (χ3v) is 6.73. The van der Waals surface area contributed by atoms with Crippen molar-refractivity contribution in [1.82, 2.24) is 19.3 Å². The summed E-state index contributed by atoms with van der Waals surface area (Å²) in [7, 11) is -0.789. The number of benzene rings is 2. The smallest absolute Gasteiger partial charge is 0.247 e. The molecule has 0 aliphatic carbocycles. The Labute approximate surface area is 174 Å². The maximum absolute atomic E-state index is 13.0. The van der Waals surface area contributed by atoms with Crippen molar-refractivity contribution < 1.29 is 22.6 Å². The highest BCUT2D eigenvalue weighted by molar-refractivity contribution is 7.89. The highest BCUT2D eigenvalue weighted by atomic mass is 32.2. The standard InChI is InChI=1S/C20H22N4O5S/c1-27-18-8-9-19(28-2)20(10-18)30(25,26)23-12-16(13-23)24-11-15(21-22-24)14-29-17-6-4-3-5-7-17/h3-11,16H,12-14H2,1-2H3. The minimum absolute atomic E-state index is 0.0818. The molecule has 1 fully saturated rings. The van der Waals surface area contributed by atoms with E-state index < -0.39 is 10.0 Å². The Balaban J connectivity index is 1.41. The number of rotatable bonds is 8. The third kappa shape index (κ3) is 3.96. The molecular formula is C20H22N4O5S. The minimum atomic E-state index is -3.72. The summed E-state index contributed by atoms with van der Waals surface area (Å²) in [5, 5.41) is 8.23. The van der Waals surface area contributed by atoms with Crippen LogP contribution in [-0.2, 0) is 16.6 Å². The van der Waals surface area contributed by atoms with Crippen LogP contribution in [0.25, 0.3) is 0 Å². The first-order valence-corrected chi connectivity index (χ1v) is 10.8. The van der Waals surface area contributed by atoms with Crippen LogP contribution in [0.4, 0.5) is 0 Å². The van der Waals surface area contributed by atoms with Crippen LogP contribution < -0.4 is 14.2 Å². The van der Waals surface area contributed by atoms with E-state index in [0.29, 0.717) is 31.1 Å². The van der Waals surface area contributed by atoms with Gasteiger partial charge < -0.3 is 14.2 Å². The molecule has 1 saturated heterocycles. The van der Waals surface area contributed by atoms with Gasteiger partial charge in [-0.2, -0.15) is 4.31 Å². The van der Waals surface area contributed by atoms with Gasteiger partial charge in [-0.15, -0.1) is 5.10 Å². The molecule has 0 spiro atoms. The van der Waals surface area contributed by atoms with Crippen molar-refractivity contribution in [2.75, 3.05) is 27.3 Å². The molecule has 0 atom stereocenters. The zero-order chi connectivity index (χ0) is 21.1. The minimum Gasteiger partial charge on any atom is -0.497 e. The van der Waals surface area contributed by atoms with Gasteiger partial charge in [-0.3, -0.25) is 0 Å². The van der Waals surface area contributed by atoms with Crippen LogP contribution in [0.1, 0.15) is 11.7 Å². The van der Waals surface area contributed by atoms with Crippen LogP contribution in [0.5, 0.6) is 17.2 Å². The molecule has 1 aliphatic heterocycles. The van der Waals surface area contributed by atoms with Gasteiger partial charge in [-0.05, 0) is 24.3 Å². The predicted molar refractivity (Wildman–Crippen MR) is 108 cm³/mol. The lowest BCUT2D eigenvalue weighted by Gasteiger charge is -2.37. The van der Waals surface area contributed by atoms with Crippen molar-refractivity contribution in [2.24, 2.45) is 0 Å². The predicted octanol–water partition coefficient (Wildman–Crippen LogP) is 2.12. The van der Waals surface area contributed by atoms with Gasteiger partial charge in [0.25, 0.3) is 0 Å². The third-order valence-electron chi connectivity index (χ3n) is 4.88. The second-order valence-electron chi connectivity index (χ2n) is 6.78. The Kier molecular flexibility index (Phi) is 5.60. The van der Waals surface area contributed by atoms with Gasteiger partial charge in [-0.25, -0.2) is 13.1 Å². The Morgan fingerprint density at radius 3 is 2.50 bits per heavy atom. The zero-order valence-corrected chi connectivity index (χ0v) is 17.4. The average molecular weight is 430 g/mol. The molecule has 0 radical (unpaired) electrons. The molecule has 9 nitrogen and oxygen atoms in total. The van der Waals surface area contributed by atoms with Crippen LogP contribution in [0, 0.1) is 0 Å². The highest BCUT2D eigenvalue weighted by Gasteiger charge is 2.39. The summed E-state index contributed by atoms with van der Waals surface area (Å²) in [6, 6.07) is 14.1. The fourth-order valence-electron chi connectivity index (χ4n) is 3.14. The molecule has 0 unspecified atom stereocenters. The molecule has 0 amide bonds. The van der Waals surface area contributed by atoms with E-state index in [4.69, 9.17) is 14.2 Å². The first kappa shape index (κ1) is 20.2. The number of aromatic nitrogens is 3. The maximum Gasteiger partial charge on any atom is 0.247 e. The monoisotopic (exact) mass is 430 g/mol. The molecule has 1 aromatic heterocycles. The lowest BCUT2D eigenvalue weighted by molar-refractivity contribution is 0.188. The van der Waals surface area contributed by atoms with Gasteiger partial charge in [0, 0.05) is 19.2 Å². The number of hydrogen-bond acceptors (Lipinski definition) is 7. The van der Waals surface area contributed by atoms with E-state index in [0.717, 1.165) is 5.75 Å². The van der Waals surface area contributed by atoms with Crippen LogP contribution >= 0.6 is 0 Å². The van der Waals surface area contributed by atoms with Gasteiger partial charge in [0.2, 0.25) is 10.0 Å². The average Bonchev–Trinajstić information content (AvgIpc) is 3.19. The van der Waals surface area contributed by atoms with Crippen LogP contribution in [-0.4, -0.2) is 55.0 Å². The Morgan fingerprint density at radius 1 is 1.03 bits per heavy atom. The first-order chi connectivity index (χ1) is 14.5.